The van der Waals surface area contributed by atoms with Gasteiger partial charge < -0.3 is 9.64 Å². The van der Waals surface area contributed by atoms with Crippen molar-refractivity contribution < 1.29 is 14.3 Å². The van der Waals surface area contributed by atoms with E-state index in [9.17, 15) is 9.59 Å². The fraction of sp³-hybridized carbons (Fsp3) is 0.368. The van der Waals surface area contributed by atoms with Crippen molar-refractivity contribution in [1.82, 2.24) is 4.90 Å². The van der Waals surface area contributed by atoms with Crippen LogP contribution >= 0.6 is 0 Å². The Balaban J connectivity index is 2.45. The van der Waals surface area contributed by atoms with E-state index in [2.05, 4.69) is 6.08 Å². The lowest BCUT2D eigenvalue weighted by Gasteiger charge is -2.31. The van der Waals surface area contributed by atoms with Crippen LogP contribution < -0.4 is 0 Å². The molecule has 0 fully saturated rings. The van der Waals surface area contributed by atoms with E-state index in [1.807, 2.05) is 48.4 Å². The van der Waals surface area contributed by atoms with E-state index < -0.39 is 0 Å². The standard InChI is InChI=1S/C19H23NO3/c1-14(16-10-7-8-11-17(16)15(2)21)20-13-9-5-4-6-12-18(20)19(22)23-3/h7-14H,4-6H2,1-3H3. The van der Waals surface area contributed by atoms with Crippen molar-refractivity contribution in [2.24, 2.45) is 0 Å². The van der Waals surface area contributed by atoms with Crippen LogP contribution in [0.25, 0.3) is 0 Å². The predicted molar refractivity (Wildman–Crippen MR) is 89.8 cm³/mol. The van der Waals surface area contributed by atoms with Gasteiger partial charge in [-0.15, -0.1) is 0 Å². The predicted octanol–water partition coefficient (Wildman–Crippen LogP) is 4.01. The summed E-state index contributed by atoms with van der Waals surface area (Å²) in [5, 5.41) is 0. The van der Waals surface area contributed by atoms with Crippen LogP contribution in [0, 0.1) is 0 Å². The molecule has 0 aliphatic carbocycles. The first-order valence-electron chi connectivity index (χ1n) is 7.89. The summed E-state index contributed by atoms with van der Waals surface area (Å²) in [6.45, 7) is 3.55. The van der Waals surface area contributed by atoms with E-state index >= 15 is 0 Å². The SMILES string of the molecule is COC(=O)C1=CCCCC=CN1C(C)c1ccccc1C(C)=O. The third kappa shape index (κ3) is 3.89. The molecule has 1 atom stereocenters. The molecule has 1 aromatic rings. The first-order chi connectivity index (χ1) is 11.1. The second kappa shape index (κ2) is 7.77. The highest BCUT2D eigenvalue weighted by Crippen LogP contribution is 2.29. The quantitative estimate of drug-likeness (QED) is 0.622. The van der Waals surface area contributed by atoms with Gasteiger partial charge in [0.05, 0.1) is 13.2 Å². The molecule has 0 saturated carbocycles. The minimum absolute atomic E-state index is 0.0204. The summed E-state index contributed by atoms with van der Waals surface area (Å²) < 4.78 is 4.93. The van der Waals surface area contributed by atoms with Gasteiger partial charge in [-0.1, -0.05) is 36.4 Å². The highest BCUT2D eigenvalue weighted by molar-refractivity contribution is 5.95. The van der Waals surface area contributed by atoms with Crippen molar-refractivity contribution in [3.63, 3.8) is 0 Å². The Bertz CT molecular complexity index is 646. The molecule has 0 aromatic heterocycles. The number of ketones is 1. The van der Waals surface area contributed by atoms with Gasteiger partial charge in [0.2, 0.25) is 0 Å². The number of carbonyl (C=O) groups is 2. The van der Waals surface area contributed by atoms with E-state index in [1.165, 1.54) is 7.11 Å². The lowest BCUT2D eigenvalue weighted by Crippen LogP contribution is -2.28. The first kappa shape index (κ1) is 17.0. The average molecular weight is 313 g/mol. The number of benzene rings is 1. The van der Waals surface area contributed by atoms with Gasteiger partial charge >= 0.3 is 5.97 Å². The van der Waals surface area contributed by atoms with Crippen LogP contribution in [0.15, 0.2) is 48.3 Å². The smallest absolute Gasteiger partial charge is 0.354 e. The summed E-state index contributed by atoms with van der Waals surface area (Å²) >= 11 is 0. The van der Waals surface area contributed by atoms with Gasteiger partial charge in [-0.05, 0) is 38.7 Å². The number of hydrogen-bond acceptors (Lipinski definition) is 4. The zero-order valence-corrected chi connectivity index (χ0v) is 13.9. The van der Waals surface area contributed by atoms with Gasteiger partial charge in [0.15, 0.2) is 5.78 Å². The summed E-state index contributed by atoms with van der Waals surface area (Å²) in [6.07, 6.45) is 8.69. The van der Waals surface area contributed by atoms with Crippen molar-refractivity contribution in [1.29, 1.82) is 0 Å². The number of esters is 1. The zero-order valence-electron chi connectivity index (χ0n) is 13.9. The Morgan fingerprint density at radius 2 is 1.96 bits per heavy atom. The number of Topliss-reactive ketones (excluding diaryl/α,β-unsaturated/α-hetero) is 1. The lowest BCUT2D eigenvalue weighted by atomic mass is 9.97. The summed E-state index contributed by atoms with van der Waals surface area (Å²) in [5.74, 6) is -0.337. The molecule has 1 aromatic carbocycles. The van der Waals surface area contributed by atoms with E-state index in [0.29, 0.717) is 11.3 Å². The highest BCUT2D eigenvalue weighted by Gasteiger charge is 2.25. The van der Waals surface area contributed by atoms with Crippen LogP contribution in [0.2, 0.25) is 0 Å². The van der Waals surface area contributed by atoms with E-state index in [4.69, 9.17) is 4.74 Å². The molecule has 4 heteroatoms. The van der Waals surface area contributed by atoms with Gasteiger partial charge in [-0.2, -0.15) is 0 Å². The van der Waals surface area contributed by atoms with Gasteiger partial charge in [0.25, 0.3) is 0 Å². The molecule has 2 rings (SSSR count). The van der Waals surface area contributed by atoms with Crippen LogP contribution in [-0.4, -0.2) is 23.8 Å². The Morgan fingerprint density at radius 1 is 1.22 bits per heavy atom. The molecule has 0 amide bonds. The van der Waals surface area contributed by atoms with Gasteiger partial charge in [0, 0.05) is 11.8 Å². The fourth-order valence-corrected chi connectivity index (χ4v) is 2.81. The van der Waals surface area contributed by atoms with Crippen molar-refractivity contribution in [3.05, 3.63) is 59.4 Å². The van der Waals surface area contributed by atoms with Crippen LogP contribution in [0.3, 0.4) is 0 Å². The molecule has 0 bridgehead atoms. The van der Waals surface area contributed by atoms with Crippen molar-refractivity contribution >= 4 is 11.8 Å². The van der Waals surface area contributed by atoms with Crippen LogP contribution in [0.5, 0.6) is 0 Å². The van der Waals surface area contributed by atoms with E-state index in [-0.39, 0.29) is 17.8 Å². The largest absolute Gasteiger partial charge is 0.464 e. The van der Waals surface area contributed by atoms with Crippen LogP contribution in [0.1, 0.15) is 55.1 Å². The summed E-state index contributed by atoms with van der Waals surface area (Å²) in [4.78, 5) is 26.0. The monoisotopic (exact) mass is 313 g/mol. The van der Waals surface area contributed by atoms with Gasteiger partial charge in [0.1, 0.15) is 5.70 Å². The van der Waals surface area contributed by atoms with Gasteiger partial charge in [-0.25, -0.2) is 4.79 Å². The third-order valence-corrected chi connectivity index (χ3v) is 4.06. The molecule has 1 aliphatic heterocycles. The number of carbonyl (C=O) groups excluding carboxylic acids is 2. The Hall–Kier alpha value is -2.36. The van der Waals surface area contributed by atoms with Crippen LogP contribution in [0.4, 0.5) is 0 Å². The van der Waals surface area contributed by atoms with E-state index in [0.717, 1.165) is 24.8 Å². The molecular weight excluding hydrogens is 290 g/mol. The molecular formula is C19H23NO3. The fourth-order valence-electron chi connectivity index (χ4n) is 2.81. The Kier molecular flexibility index (Phi) is 5.74. The lowest BCUT2D eigenvalue weighted by molar-refractivity contribution is -0.137. The highest BCUT2D eigenvalue weighted by atomic mass is 16.5. The molecule has 122 valence electrons. The molecule has 0 spiro atoms. The Morgan fingerprint density at radius 3 is 2.65 bits per heavy atom. The minimum Gasteiger partial charge on any atom is -0.464 e. The zero-order chi connectivity index (χ0) is 16.8. The van der Waals surface area contributed by atoms with Crippen LogP contribution in [-0.2, 0) is 9.53 Å². The van der Waals surface area contributed by atoms with E-state index in [1.54, 1.807) is 6.92 Å². The Labute approximate surface area is 137 Å². The second-order valence-corrected chi connectivity index (χ2v) is 5.62. The minimum atomic E-state index is -0.358. The topological polar surface area (TPSA) is 46.6 Å². The van der Waals surface area contributed by atoms with Gasteiger partial charge in [-0.3, -0.25) is 4.79 Å². The molecule has 0 radical (unpaired) electrons. The molecule has 0 N–H and O–H groups in total. The molecule has 1 aliphatic rings. The van der Waals surface area contributed by atoms with Crippen molar-refractivity contribution in [2.45, 2.75) is 39.2 Å². The molecule has 23 heavy (non-hydrogen) atoms. The molecule has 1 unspecified atom stereocenters. The van der Waals surface area contributed by atoms with Crippen molar-refractivity contribution in [2.75, 3.05) is 7.11 Å². The maximum Gasteiger partial charge on any atom is 0.354 e. The number of rotatable bonds is 4. The maximum atomic E-state index is 12.2. The number of nitrogens with zero attached hydrogens (tertiary/aromatic N) is 1. The normalized spacial score (nSPS) is 16.1. The number of hydrogen-bond donors (Lipinski definition) is 0. The third-order valence-electron chi connectivity index (χ3n) is 4.06. The summed E-state index contributed by atoms with van der Waals surface area (Å²) in [5.41, 5.74) is 2.11. The first-order valence-corrected chi connectivity index (χ1v) is 7.89. The molecule has 1 heterocycles. The molecule has 0 saturated heterocycles. The summed E-state index contributed by atoms with van der Waals surface area (Å²) in [7, 11) is 1.39. The van der Waals surface area contributed by atoms with Crippen molar-refractivity contribution in [3.8, 4) is 0 Å². The summed E-state index contributed by atoms with van der Waals surface area (Å²) in [6, 6.07) is 7.38. The number of ether oxygens (including phenoxy) is 1. The molecule has 4 nitrogen and oxygen atoms in total. The second-order valence-electron chi connectivity index (χ2n) is 5.62. The number of allylic oxidation sites excluding steroid dienone is 2. The number of methoxy groups -OCH3 is 1. The average Bonchev–Trinajstić information content (AvgIpc) is 2.53. The maximum absolute atomic E-state index is 12.2.